The fraction of sp³-hybridized carbons (Fsp3) is 0.462. The van der Waals surface area contributed by atoms with E-state index in [4.69, 9.17) is 5.73 Å². The van der Waals surface area contributed by atoms with Crippen molar-refractivity contribution in [1.29, 1.82) is 0 Å². The third-order valence-corrected chi connectivity index (χ3v) is 3.03. The molecule has 1 rings (SSSR count). The van der Waals surface area contributed by atoms with Gasteiger partial charge in [0.25, 0.3) is 5.91 Å². The van der Waals surface area contributed by atoms with Crippen molar-refractivity contribution < 1.29 is 9.90 Å². The maximum absolute atomic E-state index is 12.0. The van der Waals surface area contributed by atoms with Gasteiger partial charge in [0.1, 0.15) is 5.75 Å². The lowest BCUT2D eigenvalue weighted by Crippen LogP contribution is -2.54. The summed E-state index contributed by atoms with van der Waals surface area (Å²) < 4.78 is 0. The van der Waals surface area contributed by atoms with Crippen LogP contribution in [0.1, 0.15) is 36.7 Å². The summed E-state index contributed by atoms with van der Waals surface area (Å²) >= 11 is 0. The Kier molecular flexibility index (Phi) is 3.78. The first-order chi connectivity index (χ1) is 7.74. The molecule has 0 aliphatic heterocycles. The molecule has 1 aromatic carbocycles. The lowest BCUT2D eigenvalue weighted by atomic mass is 9.96. The molecule has 4 heteroatoms. The van der Waals surface area contributed by atoms with Gasteiger partial charge in [-0.05, 0) is 51.5 Å². The molecular weight excluding hydrogens is 216 g/mol. The van der Waals surface area contributed by atoms with Gasteiger partial charge in [-0.3, -0.25) is 4.79 Å². The van der Waals surface area contributed by atoms with Gasteiger partial charge in [0.05, 0.1) is 0 Å². The molecule has 0 saturated carbocycles. The summed E-state index contributed by atoms with van der Waals surface area (Å²) in [5.41, 5.74) is 6.62. The zero-order chi connectivity index (χ0) is 13.2. The van der Waals surface area contributed by atoms with Gasteiger partial charge in [0, 0.05) is 17.1 Å². The van der Waals surface area contributed by atoms with Gasteiger partial charge in [-0.1, -0.05) is 0 Å². The molecule has 17 heavy (non-hydrogen) atoms. The van der Waals surface area contributed by atoms with Gasteiger partial charge < -0.3 is 16.2 Å². The molecule has 0 heterocycles. The van der Waals surface area contributed by atoms with E-state index in [1.54, 1.807) is 19.1 Å². The molecule has 0 fully saturated rings. The molecule has 1 atom stereocenters. The van der Waals surface area contributed by atoms with E-state index in [1.807, 2.05) is 20.8 Å². The number of phenolic OH excluding ortho intramolecular Hbond substituents is 1. The van der Waals surface area contributed by atoms with E-state index in [1.165, 1.54) is 6.07 Å². The summed E-state index contributed by atoms with van der Waals surface area (Å²) in [6.45, 7) is 7.40. The van der Waals surface area contributed by atoms with Crippen molar-refractivity contribution in [3.63, 3.8) is 0 Å². The minimum atomic E-state index is -0.471. The number of aromatic hydroxyl groups is 1. The summed E-state index contributed by atoms with van der Waals surface area (Å²) in [7, 11) is 0. The number of benzene rings is 1. The van der Waals surface area contributed by atoms with Crippen molar-refractivity contribution in [3.05, 3.63) is 29.3 Å². The third-order valence-electron chi connectivity index (χ3n) is 3.03. The van der Waals surface area contributed by atoms with Crippen molar-refractivity contribution in [2.24, 2.45) is 5.73 Å². The van der Waals surface area contributed by atoms with Crippen LogP contribution in [-0.2, 0) is 0 Å². The van der Waals surface area contributed by atoms with E-state index < -0.39 is 5.54 Å². The molecule has 4 nitrogen and oxygen atoms in total. The molecule has 1 amide bonds. The second kappa shape index (κ2) is 4.75. The first kappa shape index (κ1) is 13.5. The van der Waals surface area contributed by atoms with Gasteiger partial charge in [-0.15, -0.1) is 0 Å². The Morgan fingerprint density at radius 2 is 2.06 bits per heavy atom. The Bertz CT molecular complexity index is 425. The molecule has 0 aliphatic carbocycles. The van der Waals surface area contributed by atoms with Gasteiger partial charge in [-0.2, -0.15) is 0 Å². The third kappa shape index (κ3) is 3.20. The number of nitrogens with one attached hydrogen (secondary N) is 1. The molecular formula is C13H20N2O2. The number of carbonyl (C=O) groups is 1. The fourth-order valence-corrected chi connectivity index (χ4v) is 1.38. The van der Waals surface area contributed by atoms with E-state index in [0.29, 0.717) is 5.56 Å². The van der Waals surface area contributed by atoms with Crippen LogP contribution in [-0.4, -0.2) is 22.6 Å². The molecule has 0 radical (unpaired) electrons. The summed E-state index contributed by atoms with van der Waals surface area (Å²) in [6, 6.07) is 4.52. The van der Waals surface area contributed by atoms with E-state index in [-0.39, 0.29) is 17.7 Å². The number of carbonyl (C=O) groups excluding carboxylic acids is 1. The Balaban J connectivity index is 2.91. The Morgan fingerprint density at radius 1 is 1.47 bits per heavy atom. The van der Waals surface area contributed by atoms with Crippen LogP contribution in [0.3, 0.4) is 0 Å². The quantitative estimate of drug-likeness (QED) is 0.745. The molecule has 0 saturated heterocycles. The largest absolute Gasteiger partial charge is 0.508 e. The number of rotatable bonds is 3. The monoisotopic (exact) mass is 236 g/mol. The molecule has 94 valence electrons. The second-order valence-corrected chi connectivity index (χ2v) is 4.96. The molecule has 0 spiro atoms. The predicted octanol–water partition coefficient (Wildman–Crippen LogP) is 1.56. The van der Waals surface area contributed by atoms with Crippen molar-refractivity contribution >= 4 is 5.91 Å². The molecule has 0 aromatic heterocycles. The summed E-state index contributed by atoms with van der Waals surface area (Å²) in [6.07, 6.45) is 0. The number of hydrogen-bond donors (Lipinski definition) is 3. The van der Waals surface area contributed by atoms with E-state index in [0.717, 1.165) is 5.56 Å². The summed E-state index contributed by atoms with van der Waals surface area (Å²) in [5, 5.41) is 12.2. The van der Waals surface area contributed by atoms with Crippen LogP contribution in [0.15, 0.2) is 18.2 Å². The van der Waals surface area contributed by atoms with Gasteiger partial charge >= 0.3 is 0 Å². The lowest BCUT2D eigenvalue weighted by molar-refractivity contribution is 0.0903. The summed E-state index contributed by atoms with van der Waals surface area (Å²) in [4.78, 5) is 12.0. The van der Waals surface area contributed by atoms with Crippen molar-refractivity contribution in [3.8, 4) is 5.75 Å². The van der Waals surface area contributed by atoms with Crippen LogP contribution in [0.2, 0.25) is 0 Å². The van der Waals surface area contributed by atoms with Gasteiger partial charge in [-0.25, -0.2) is 0 Å². The van der Waals surface area contributed by atoms with Crippen molar-refractivity contribution in [1.82, 2.24) is 5.32 Å². The fourth-order valence-electron chi connectivity index (χ4n) is 1.38. The molecule has 1 unspecified atom stereocenters. The van der Waals surface area contributed by atoms with Crippen LogP contribution in [0.4, 0.5) is 0 Å². The standard InChI is InChI=1S/C13H20N2O2/c1-8-7-10(16)5-6-11(8)12(17)15-13(3,4)9(2)14/h5-7,9,16H,14H2,1-4H3,(H,15,17). The zero-order valence-electron chi connectivity index (χ0n) is 10.7. The maximum atomic E-state index is 12.0. The topological polar surface area (TPSA) is 75.3 Å². The van der Waals surface area contributed by atoms with Crippen LogP contribution in [0.25, 0.3) is 0 Å². The predicted molar refractivity (Wildman–Crippen MR) is 68.0 cm³/mol. The molecule has 0 aliphatic rings. The normalized spacial score (nSPS) is 13.2. The summed E-state index contributed by atoms with van der Waals surface area (Å²) in [5.74, 6) is -0.0182. The van der Waals surface area contributed by atoms with E-state index >= 15 is 0 Å². The van der Waals surface area contributed by atoms with Crippen LogP contribution in [0, 0.1) is 6.92 Å². The Hall–Kier alpha value is -1.55. The minimum absolute atomic E-state index is 0.149. The molecule has 4 N–H and O–H groups in total. The van der Waals surface area contributed by atoms with Crippen LogP contribution < -0.4 is 11.1 Å². The smallest absolute Gasteiger partial charge is 0.252 e. The number of amides is 1. The number of hydrogen-bond acceptors (Lipinski definition) is 3. The SMILES string of the molecule is Cc1cc(O)ccc1C(=O)NC(C)(C)C(C)N. The molecule has 0 bridgehead atoms. The lowest BCUT2D eigenvalue weighted by Gasteiger charge is -2.30. The van der Waals surface area contributed by atoms with Crippen molar-refractivity contribution in [2.45, 2.75) is 39.3 Å². The number of nitrogens with two attached hydrogens (primary N) is 1. The highest BCUT2D eigenvalue weighted by Crippen LogP contribution is 2.17. The Labute approximate surface area is 102 Å². The maximum Gasteiger partial charge on any atom is 0.252 e. The number of phenols is 1. The minimum Gasteiger partial charge on any atom is -0.508 e. The van der Waals surface area contributed by atoms with Crippen LogP contribution in [0.5, 0.6) is 5.75 Å². The van der Waals surface area contributed by atoms with Crippen molar-refractivity contribution in [2.75, 3.05) is 0 Å². The average molecular weight is 236 g/mol. The average Bonchev–Trinajstić information content (AvgIpc) is 2.15. The van der Waals surface area contributed by atoms with Crippen LogP contribution >= 0.6 is 0 Å². The molecule has 1 aromatic rings. The Morgan fingerprint density at radius 3 is 2.53 bits per heavy atom. The highest BCUT2D eigenvalue weighted by Gasteiger charge is 2.25. The van der Waals surface area contributed by atoms with E-state index in [2.05, 4.69) is 5.32 Å². The highest BCUT2D eigenvalue weighted by atomic mass is 16.3. The first-order valence-electron chi connectivity index (χ1n) is 5.62. The first-order valence-corrected chi connectivity index (χ1v) is 5.62. The van der Waals surface area contributed by atoms with Gasteiger partial charge in [0.2, 0.25) is 0 Å². The zero-order valence-corrected chi connectivity index (χ0v) is 10.7. The number of aryl methyl sites for hydroxylation is 1. The van der Waals surface area contributed by atoms with E-state index in [9.17, 15) is 9.90 Å². The van der Waals surface area contributed by atoms with Gasteiger partial charge in [0.15, 0.2) is 0 Å². The second-order valence-electron chi connectivity index (χ2n) is 4.96. The highest BCUT2D eigenvalue weighted by molar-refractivity contribution is 5.96.